The molecule has 1 N–H and O–H groups in total. The SMILES string of the molecule is COc1ccccc1NC(=O)c1nc(C(=O)N2CCC(C)CC2)c2n1CCCC2. The predicted molar refractivity (Wildman–Crippen MR) is 110 cm³/mol. The number of likely N-dealkylation sites (tertiary alicyclic amines) is 1. The molecule has 4 rings (SSSR count). The number of amides is 2. The summed E-state index contributed by atoms with van der Waals surface area (Å²) in [5.41, 5.74) is 1.93. The number of nitrogens with one attached hydrogen (secondary N) is 1. The van der Waals surface area contributed by atoms with Crippen LogP contribution in [0.3, 0.4) is 0 Å². The normalized spacial score (nSPS) is 17.0. The molecule has 2 aliphatic heterocycles. The number of imidazole rings is 1. The van der Waals surface area contributed by atoms with Crippen molar-refractivity contribution in [3.05, 3.63) is 41.5 Å². The van der Waals surface area contributed by atoms with E-state index in [0.717, 1.165) is 50.9 Å². The van der Waals surface area contributed by atoms with Crippen LogP contribution in [0.5, 0.6) is 5.75 Å². The molecular weight excluding hydrogens is 368 g/mol. The minimum atomic E-state index is -0.316. The average molecular weight is 396 g/mol. The maximum atomic E-state index is 13.2. The van der Waals surface area contributed by atoms with Crippen LogP contribution >= 0.6 is 0 Å². The number of benzene rings is 1. The fraction of sp³-hybridized carbons (Fsp3) is 0.500. The molecule has 0 spiro atoms. The van der Waals surface area contributed by atoms with Gasteiger partial charge in [0.25, 0.3) is 11.8 Å². The van der Waals surface area contributed by atoms with E-state index in [1.54, 1.807) is 19.2 Å². The molecule has 1 saturated heterocycles. The Hall–Kier alpha value is -2.83. The number of ether oxygens (including phenoxy) is 1. The molecule has 7 nitrogen and oxygen atoms in total. The number of fused-ring (bicyclic) bond motifs is 1. The number of carbonyl (C=O) groups is 2. The number of hydrogen-bond acceptors (Lipinski definition) is 4. The highest BCUT2D eigenvalue weighted by molar-refractivity contribution is 6.04. The van der Waals surface area contributed by atoms with Gasteiger partial charge in [-0.25, -0.2) is 4.98 Å². The topological polar surface area (TPSA) is 76.5 Å². The van der Waals surface area contributed by atoms with Gasteiger partial charge in [0.2, 0.25) is 0 Å². The Morgan fingerprint density at radius 2 is 1.90 bits per heavy atom. The van der Waals surface area contributed by atoms with Crippen molar-refractivity contribution < 1.29 is 14.3 Å². The standard InChI is InChI=1S/C22H28N4O3/c1-15-10-13-25(14-11-15)22(28)19-17-8-5-6-12-26(17)20(24-19)21(27)23-16-7-3-4-9-18(16)29-2/h3-4,7,9,15H,5-6,8,10-14H2,1-2H3,(H,23,27). The second kappa shape index (κ2) is 8.27. The minimum absolute atomic E-state index is 0.0427. The van der Waals surface area contributed by atoms with Gasteiger partial charge >= 0.3 is 0 Å². The van der Waals surface area contributed by atoms with Crippen LogP contribution < -0.4 is 10.1 Å². The summed E-state index contributed by atoms with van der Waals surface area (Å²) < 4.78 is 7.25. The first kappa shape index (κ1) is 19.5. The Labute approximate surface area is 171 Å². The molecule has 0 bridgehead atoms. The summed E-state index contributed by atoms with van der Waals surface area (Å²) in [5.74, 6) is 1.18. The van der Waals surface area contributed by atoms with E-state index in [2.05, 4.69) is 17.2 Å². The van der Waals surface area contributed by atoms with Crippen molar-refractivity contribution in [3.63, 3.8) is 0 Å². The van der Waals surface area contributed by atoms with E-state index in [9.17, 15) is 9.59 Å². The Morgan fingerprint density at radius 1 is 1.14 bits per heavy atom. The average Bonchev–Trinajstić information content (AvgIpc) is 3.14. The lowest BCUT2D eigenvalue weighted by atomic mass is 9.98. The second-order valence-electron chi connectivity index (χ2n) is 7.97. The van der Waals surface area contributed by atoms with E-state index >= 15 is 0 Å². The Bertz CT molecular complexity index is 913. The van der Waals surface area contributed by atoms with E-state index in [0.29, 0.717) is 35.4 Å². The van der Waals surface area contributed by atoms with Crippen molar-refractivity contribution in [1.29, 1.82) is 0 Å². The number of aromatic nitrogens is 2. The zero-order valence-corrected chi connectivity index (χ0v) is 17.1. The van der Waals surface area contributed by atoms with Gasteiger partial charge in [-0.1, -0.05) is 19.1 Å². The van der Waals surface area contributed by atoms with Gasteiger partial charge in [-0.05, 0) is 50.2 Å². The van der Waals surface area contributed by atoms with Gasteiger partial charge in [-0.15, -0.1) is 0 Å². The molecule has 2 amide bonds. The van der Waals surface area contributed by atoms with Crippen LogP contribution in [-0.2, 0) is 13.0 Å². The van der Waals surface area contributed by atoms with Gasteiger partial charge in [-0.3, -0.25) is 9.59 Å². The van der Waals surface area contributed by atoms with E-state index in [-0.39, 0.29) is 11.8 Å². The zero-order valence-electron chi connectivity index (χ0n) is 17.1. The summed E-state index contributed by atoms with van der Waals surface area (Å²) in [4.78, 5) is 32.7. The van der Waals surface area contributed by atoms with Gasteiger partial charge in [0, 0.05) is 19.6 Å². The zero-order chi connectivity index (χ0) is 20.4. The van der Waals surface area contributed by atoms with Gasteiger partial charge in [0.15, 0.2) is 5.82 Å². The summed E-state index contributed by atoms with van der Waals surface area (Å²) >= 11 is 0. The van der Waals surface area contributed by atoms with Crippen molar-refractivity contribution in [2.75, 3.05) is 25.5 Å². The van der Waals surface area contributed by atoms with E-state index in [4.69, 9.17) is 4.74 Å². The molecule has 0 unspecified atom stereocenters. The van der Waals surface area contributed by atoms with Crippen LogP contribution in [0.1, 0.15) is 59.4 Å². The van der Waals surface area contributed by atoms with Crippen molar-refractivity contribution in [2.45, 2.75) is 45.6 Å². The lowest BCUT2D eigenvalue weighted by Crippen LogP contribution is -2.38. The minimum Gasteiger partial charge on any atom is -0.495 e. The van der Waals surface area contributed by atoms with Gasteiger partial charge in [0.1, 0.15) is 11.4 Å². The van der Waals surface area contributed by atoms with E-state index in [1.165, 1.54) is 0 Å². The molecule has 2 aromatic rings. The molecule has 0 saturated carbocycles. The Balaban J connectivity index is 1.62. The number of rotatable bonds is 4. The number of methoxy groups -OCH3 is 1. The monoisotopic (exact) mass is 396 g/mol. The number of carbonyl (C=O) groups excluding carboxylic acids is 2. The first-order valence-electron chi connectivity index (χ1n) is 10.4. The number of nitrogens with zero attached hydrogens (tertiary/aromatic N) is 3. The van der Waals surface area contributed by atoms with Crippen molar-refractivity contribution in [2.24, 2.45) is 5.92 Å². The highest BCUT2D eigenvalue weighted by atomic mass is 16.5. The Morgan fingerprint density at radius 3 is 2.66 bits per heavy atom. The third-order valence-corrected chi connectivity index (χ3v) is 5.95. The first-order chi connectivity index (χ1) is 14.1. The predicted octanol–water partition coefficient (Wildman–Crippen LogP) is 3.35. The van der Waals surface area contributed by atoms with Gasteiger partial charge in [0.05, 0.1) is 18.5 Å². The molecule has 3 heterocycles. The van der Waals surface area contributed by atoms with Crippen LogP contribution in [0.15, 0.2) is 24.3 Å². The molecule has 1 fully saturated rings. The molecule has 0 atom stereocenters. The van der Waals surface area contributed by atoms with Gasteiger partial charge < -0.3 is 19.5 Å². The second-order valence-corrected chi connectivity index (χ2v) is 7.97. The van der Waals surface area contributed by atoms with Crippen LogP contribution in [0, 0.1) is 5.92 Å². The van der Waals surface area contributed by atoms with Crippen LogP contribution in [-0.4, -0.2) is 46.5 Å². The Kier molecular flexibility index (Phi) is 5.56. The number of piperidine rings is 1. The summed E-state index contributed by atoms with van der Waals surface area (Å²) in [6.45, 7) is 4.45. The number of anilines is 1. The summed E-state index contributed by atoms with van der Waals surface area (Å²) in [6, 6.07) is 7.27. The molecule has 1 aromatic carbocycles. The van der Waals surface area contributed by atoms with Crippen LogP contribution in [0.2, 0.25) is 0 Å². The summed E-state index contributed by atoms with van der Waals surface area (Å²) in [6.07, 6.45) is 4.80. The molecule has 2 aliphatic rings. The molecule has 154 valence electrons. The van der Waals surface area contributed by atoms with Crippen molar-refractivity contribution >= 4 is 17.5 Å². The highest BCUT2D eigenvalue weighted by Crippen LogP contribution is 2.27. The lowest BCUT2D eigenvalue weighted by molar-refractivity contribution is 0.0690. The largest absolute Gasteiger partial charge is 0.495 e. The summed E-state index contributed by atoms with van der Waals surface area (Å²) in [7, 11) is 1.57. The quantitative estimate of drug-likeness (QED) is 0.860. The smallest absolute Gasteiger partial charge is 0.291 e. The van der Waals surface area contributed by atoms with Crippen molar-refractivity contribution in [3.8, 4) is 5.75 Å². The molecular formula is C22H28N4O3. The van der Waals surface area contributed by atoms with Crippen LogP contribution in [0.4, 0.5) is 5.69 Å². The summed E-state index contributed by atoms with van der Waals surface area (Å²) in [5, 5.41) is 2.89. The number of para-hydroxylation sites is 2. The molecule has 0 aliphatic carbocycles. The van der Waals surface area contributed by atoms with E-state index < -0.39 is 0 Å². The maximum absolute atomic E-state index is 13.2. The third kappa shape index (κ3) is 3.86. The van der Waals surface area contributed by atoms with Crippen LogP contribution in [0.25, 0.3) is 0 Å². The molecule has 0 radical (unpaired) electrons. The van der Waals surface area contributed by atoms with Crippen molar-refractivity contribution in [1.82, 2.24) is 14.5 Å². The molecule has 7 heteroatoms. The number of hydrogen-bond donors (Lipinski definition) is 1. The fourth-order valence-electron chi connectivity index (χ4n) is 4.18. The molecule has 29 heavy (non-hydrogen) atoms. The molecule has 1 aromatic heterocycles. The maximum Gasteiger partial charge on any atom is 0.291 e. The fourth-order valence-corrected chi connectivity index (χ4v) is 4.18. The van der Waals surface area contributed by atoms with E-state index in [1.807, 2.05) is 21.6 Å². The highest BCUT2D eigenvalue weighted by Gasteiger charge is 2.31. The first-order valence-corrected chi connectivity index (χ1v) is 10.4. The lowest BCUT2D eigenvalue weighted by Gasteiger charge is -2.30. The van der Waals surface area contributed by atoms with Gasteiger partial charge in [-0.2, -0.15) is 0 Å². The third-order valence-electron chi connectivity index (χ3n) is 5.95.